The van der Waals surface area contributed by atoms with Gasteiger partial charge in [-0.25, -0.2) is 0 Å². The largest absolute Gasteiger partial charge is 0.350 e. The molecule has 1 aliphatic carbocycles. The molecule has 1 aromatic carbocycles. The summed E-state index contributed by atoms with van der Waals surface area (Å²) in [6.07, 6.45) is 2.27. The molecule has 1 atom stereocenters. The SMILES string of the molecule is NC(CNC(=O)c1cc2ccccc2[nH]c1=O)C1CC1. The van der Waals surface area contributed by atoms with Crippen LogP contribution in [-0.4, -0.2) is 23.5 Å². The van der Waals surface area contributed by atoms with Crippen LogP contribution in [0.3, 0.4) is 0 Å². The summed E-state index contributed by atoms with van der Waals surface area (Å²) in [6.45, 7) is 0.412. The number of amides is 1. The van der Waals surface area contributed by atoms with Crippen molar-refractivity contribution in [2.24, 2.45) is 11.7 Å². The first-order valence-electron chi connectivity index (χ1n) is 6.81. The summed E-state index contributed by atoms with van der Waals surface area (Å²) in [6, 6.07) is 8.97. The second-order valence-electron chi connectivity index (χ2n) is 5.31. The number of aromatic nitrogens is 1. The van der Waals surface area contributed by atoms with Crippen LogP contribution in [0.4, 0.5) is 0 Å². The number of benzene rings is 1. The highest BCUT2D eigenvalue weighted by molar-refractivity contribution is 5.97. The van der Waals surface area contributed by atoms with Crippen molar-refractivity contribution in [2.75, 3.05) is 6.54 Å². The summed E-state index contributed by atoms with van der Waals surface area (Å²) in [5, 5.41) is 3.58. The molecule has 20 heavy (non-hydrogen) atoms. The highest BCUT2D eigenvalue weighted by Crippen LogP contribution is 2.31. The Kier molecular flexibility index (Phi) is 3.28. The van der Waals surface area contributed by atoms with Crippen LogP contribution in [-0.2, 0) is 0 Å². The zero-order chi connectivity index (χ0) is 14.1. The Bertz CT molecular complexity index is 704. The van der Waals surface area contributed by atoms with E-state index >= 15 is 0 Å². The third-order valence-corrected chi connectivity index (χ3v) is 3.72. The molecule has 1 heterocycles. The predicted octanol–water partition coefficient (Wildman–Crippen LogP) is 0.995. The summed E-state index contributed by atoms with van der Waals surface area (Å²) >= 11 is 0. The van der Waals surface area contributed by atoms with Crippen LogP contribution < -0.4 is 16.6 Å². The van der Waals surface area contributed by atoms with Crippen molar-refractivity contribution in [3.8, 4) is 0 Å². The monoisotopic (exact) mass is 271 g/mol. The van der Waals surface area contributed by atoms with E-state index in [9.17, 15) is 9.59 Å². The van der Waals surface area contributed by atoms with E-state index in [2.05, 4.69) is 10.3 Å². The molecule has 1 saturated carbocycles. The molecule has 0 aliphatic heterocycles. The maximum Gasteiger partial charge on any atom is 0.261 e. The molecule has 1 unspecified atom stereocenters. The first-order chi connectivity index (χ1) is 9.65. The normalized spacial score (nSPS) is 16.1. The fraction of sp³-hybridized carbons (Fsp3) is 0.333. The zero-order valence-corrected chi connectivity index (χ0v) is 11.1. The van der Waals surface area contributed by atoms with Crippen LogP contribution in [0.1, 0.15) is 23.2 Å². The molecular weight excluding hydrogens is 254 g/mol. The molecule has 1 amide bonds. The maximum absolute atomic E-state index is 12.1. The van der Waals surface area contributed by atoms with Crippen molar-refractivity contribution in [3.05, 3.63) is 46.2 Å². The summed E-state index contributed by atoms with van der Waals surface area (Å²) < 4.78 is 0. The van der Waals surface area contributed by atoms with Crippen molar-refractivity contribution in [3.63, 3.8) is 0 Å². The van der Waals surface area contributed by atoms with Gasteiger partial charge in [-0.2, -0.15) is 0 Å². The van der Waals surface area contributed by atoms with Gasteiger partial charge in [0.25, 0.3) is 11.5 Å². The lowest BCUT2D eigenvalue weighted by atomic mass is 10.1. The number of hydrogen-bond acceptors (Lipinski definition) is 3. The van der Waals surface area contributed by atoms with Crippen molar-refractivity contribution in [1.29, 1.82) is 0 Å². The smallest absolute Gasteiger partial charge is 0.261 e. The Morgan fingerprint density at radius 1 is 1.40 bits per heavy atom. The number of carbonyl (C=O) groups is 1. The number of para-hydroxylation sites is 1. The Balaban J connectivity index is 1.79. The Labute approximate surface area is 116 Å². The van der Waals surface area contributed by atoms with Crippen LogP contribution in [0.25, 0.3) is 10.9 Å². The molecule has 5 nitrogen and oxygen atoms in total. The second kappa shape index (κ2) is 5.09. The second-order valence-corrected chi connectivity index (χ2v) is 5.31. The number of nitrogens with one attached hydrogen (secondary N) is 2. The average molecular weight is 271 g/mol. The van der Waals surface area contributed by atoms with Gasteiger partial charge in [-0.15, -0.1) is 0 Å². The van der Waals surface area contributed by atoms with Gasteiger partial charge in [-0.05, 0) is 36.3 Å². The number of aromatic amines is 1. The average Bonchev–Trinajstić information content (AvgIpc) is 3.28. The van der Waals surface area contributed by atoms with E-state index in [-0.39, 0.29) is 23.1 Å². The number of nitrogens with two attached hydrogens (primary N) is 1. The molecule has 0 bridgehead atoms. The van der Waals surface area contributed by atoms with E-state index in [1.54, 1.807) is 12.1 Å². The highest BCUT2D eigenvalue weighted by Gasteiger charge is 2.28. The topological polar surface area (TPSA) is 88.0 Å². The van der Waals surface area contributed by atoms with Gasteiger partial charge in [-0.3, -0.25) is 9.59 Å². The summed E-state index contributed by atoms with van der Waals surface area (Å²) in [5.74, 6) is 0.151. The van der Waals surface area contributed by atoms with Crippen LogP contribution in [0, 0.1) is 5.92 Å². The fourth-order valence-corrected chi connectivity index (χ4v) is 2.31. The molecule has 0 saturated heterocycles. The molecule has 1 aromatic heterocycles. The lowest BCUT2D eigenvalue weighted by Crippen LogP contribution is -2.40. The van der Waals surface area contributed by atoms with Crippen molar-refractivity contribution in [2.45, 2.75) is 18.9 Å². The molecule has 3 rings (SSSR count). The summed E-state index contributed by atoms with van der Waals surface area (Å²) in [7, 11) is 0. The summed E-state index contributed by atoms with van der Waals surface area (Å²) in [4.78, 5) is 26.7. The number of H-pyrrole nitrogens is 1. The minimum absolute atomic E-state index is 0.0153. The molecule has 104 valence electrons. The van der Waals surface area contributed by atoms with Crippen molar-refractivity contribution in [1.82, 2.24) is 10.3 Å². The van der Waals surface area contributed by atoms with E-state index in [0.29, 0.717) is 12.5 Å². The molecule has 0 radical (unpaired) electrons. The van der Waals surface area contributed by atoms with Crippen LogP contribution in [0.5, 0.6) is 0 Å². The molecule has 2 aromatic rings. The lowest BCUT2D eigenvalue weighted by Gasteiger charge is -2.11. The molecule has 0 spiro atoms. The lowest BCUT2D eigenvalue weighted by molar-refractivity contribution is 0.0949. The van der Waals surface area contributed by atoms with Gasteiger partial charge in [0.05, 0.1) is 0 Å². The molecule has 1 aliphatic rings. The maximum atomic E-state index is 12.1. The minimum Gasteiger partial charge on any atom is -0.350 e. The third kappa shape index (κ3) is 2.58. The van der Waals surface area contributed by atoms with Gasteiger partial charge in [0.1, 0.15) is 5.56 Å². The van der Waals surface area contributed by atoms with E-state index in [1.807, 2.05) is 18.2 Å². The number of rotatable bonds is 4. The third-order valence-electron chi connectivity index (χ3n) is 3.72. The van der Waals surface area contributed by atoms with Crippen molar-refractivity contribution >= 4 is 16.8 Å². The van der Waals surface area contributed by atoms with Gasteiger partial charge in [0, 0.05) is 18.1 Å². The first kappa shape index (κ1) is 12.9. The Morgan fingerprint density at radius 3 is 2.90 bits per heavy atom. The first-order valence-corrected chi connectivity index (χ1v) is 6.81. The van der Waals surface area contributed by atoms with Crippen LogP contribution in [0.2, 0.25) is 0 Å². The fourth-order valence-electron chi connectivity index (χ4n) is 2.31. The van der Waals surface area contributed by atoms with Gasteiger partial charge < -0.3 is 16.0 Å². The number of pyridine rings is 1. The van der Waals surface area contributed by atoms with Gasteiger partial charge in [0.2, 0.25) is 0 Å². The van der Waals surface area contributed by atoms with Crippen LogP contribution >= 0.6 is 0 Å². The molecule has 1 fully saturated rings. The Morgan fingerprint density at radius 2 is 2.15 bits per heavy atom. The van der Waals surface area contributed by atoms with E-state index in [1.165, 1.54) is 0 Å². The van der Waals surface area contributed by atoms with Gasteiger partial charge >= 0.3 is 0 Å². The number of hydrogen-bond donors (Lipinski definition) is 3. The highest BCUT2D eigenvalue weighted by atomic mass is 16.2. The van der Waals surface area contributed by atoms with Crippen LogP contribution in [0.15, 0.2) is 35.1 Å². The zero-order valence-electron chi connectivity index (χ0n) is 11.1. The Hall–Kier alpha value is -2.14. The van der Waals surface area contributed by atoms with Crippen molar-refractivity contribution < 1.29 is 4.79 Å². The van der Waals surface area contributed by atoms with Gasteiger partial charge in [-0.1, -0.05) is 18.2 Å². The number of carbonyl (C=O) groups excluding carboxylic acids is 1. The molecular formula is C15H17N3O2. The van der Waals surface area contributed by atoms with E-state index in [4.69, 9.17) is 5.73 Å². The van der Waals surface area contributed by atoms with E-state index < -0.39 is 0 Å². The predicted molar refractivity (Wildman–Crippen MR) is 77.6 cm³/mol. The number of fused-ring (bicyclic) bond motifs is 1. The molecule has 5 heteroatoms. The minimum atomic E-state index is -0.374. The summed E-state index contributed by atoms with van der Waals surface area (Å²) in [5.41, 5.74) is 6.42. The molecule has 4 N–H and O–H groups in total. The quantitative estimate of drug-likeness (QED) is 0.775. The van der Waals surface area contributed by atoms with E-state index in [0.717, 1.165) is 23.7 Å². The van der Waals surface area contributed by atoms with Gasteiger partial charge in [0.15, 0.2) is 0 Å². The standard InChI is InChI=1S/C15H17N3O2/c16-12(9-5-6-9)8-17-14(19)11-7-10-3-1-2-4-13(10)18-15(11)20/h1-4,7,9,12H,5-6,8,16H2,(H,17,19)(H,18,20).